The molecule has 0 aromatic carbocycles. The molecule has 1 aliphatic carbocycles. The molecule has 1 aromatic heterocycles. The van der Waals surface area contributed by atoms with Gasteiger partial charge in [0.2, 0.25) is 0 Å². The second-order valence-electron chi connectivity index (χ2n) is 4.77. The van der Waals surface area contributed by atoms with Crippen LogP contribution in [-0.2, 0) is 10.0 Å². The van der Waals surface area contributed by atoms with Gasteiger partial charge in [0.05, 0.1) is 11.7 Å². The zero-order chi connectivity index (χ0) is 14.8. The van der Waals surface area contributed by atoms with Crippen molar-refractivity contribution in [2.24, 2.45) is 0 Å². The van der Waals surface area contributed by atoms with Gasteiger partial charge in [0.15, 0.2) is 5.03 Å². The third kappa shape index (κ3) is 3.33. The number of rotatable bonds is 4. The van der Waals surface area contributed by atoms with Gasteiger partial charge in [-0.25, -0.2) is 22.9 Å². The Morgan fingerprint density at radius 3 is 2.55 bits per heavy atom. The fourth-order valence-electron chi connectivity index (χ4n) is 2.17. The smallest absolute Gasteiger partial charge is 0.337 e. The van der Waals surface area contributed by atoms with Crippen molar-refractivity contribution < 1.29 is 23.4 Å². The average molecular weight is 300 g/mol. The van der Waals surface area contributed by atoms with Crippen molar-refractivity contribution in [3.05, 3.63) is 23.9 Å². The number of hydrogen-bond donors (Lipinski definition) is 3. The number of aromatic carboxylic acids is 1. The van der Waals surface area contributed by atoms with Crippen molar-refractivity contribution in [3.8, 4) is 0 Å². The number of aliphatic hydroxyl groups is 1. The highest BCUT2D eigenvalue weighted by Gasteiger charge is 2.28. The van der Waals surface area contributed by atoms with Crippen LogP contribution < -0.4 is 4.72 Å². The van der Waals surface area contributed by atoms with Crippen molar-refractivity contribution in [3.63, 3.8) is 0 Å². The van der Waals surface area contributed by atoms with E-state index in [0.717, 1.165) is 25.1 Å². The van der Waals surface area contributed by atoms with Gasteiger partial charge < -0.3 is 10.2 Å². The van der Waals surface area contributed by atoms with E-state index in [9.17, 15) is 18.3 Å². The molecule has 1 heterocycles. The van der Waals surface area contributed by atoms with Crippen LogP contribution in [0.1, 0.15) is 36.0 Å². The van der Waals surface area contributed by atoms with Crippen molar-refractivity contribution in [1.29, 1.82) is 0 Å². The molecule has 0 unspecified atom stereocenters. The molecular formula is C12H16N2O5S. The molecule has 0 saturated heterocycles. The third-order valence-electron chi connectivity index (χ3n) is 3.29. The SMILES string of the molecule is O=C(O)c1ccc(S(=O)(=O)N[C@@H]2CCCC[C@H]2O)nc1. The minimum absolute atomic E-state index is 0.0818. The maximum atomic E-state index is 12.1. The van der Waals surface area contributed by atoms with E-state index in [1.165, 1.54) is 6.07 Å². The van der Waals surface area contributed by atoms with E-state index in [4.69, 9.17) is 5.11 Å². The highest BCUT2D eigenvalue weighted by atomic mass is 32.2. The molecule has 1 aliphatic rings. The van der Waals surface area contributed by atoms with Gasteiger partial charge in [-0.2, -0.15) is 0 Å². The number of nitrogens with zero attached hydrogens (tertiary/aromatic N) is 1. The number of carboxylic acid groups (broad SMARTS) is 1. The molecule has 8 heteroatoms. The summed E-state index contributed by atoms with van der Waals surface area (Å²) in [5, 5.41) is 18.3. The first-order valence-corrected chi connectivity index (χ1v) is 7.78. The van der Waals surface area contributed by atoms with Crippen molar-refractivity contribution in [1.82, 2.24) is 9.71 Å². The van der Waals surface area contributed by atoms with Gasteiger partial charge in [0, 0.05) is 12.2 Å². The lowest BCUT2D eigenvalue weighted by molar-refractivity contribution is 0.0696. The molecule has 1 fully saturated rings. The van der Waals surface area contributed by atoms with Crippen molar-refractivity contribution in [2.45, 2.75) is 42.9 Å². The summed E-state index contributed by atoms with van der Waals surface area (Å²) in [4.78, 5) is 14.3. The molecule has 0 bridgehead atoms. The molecule has 1 saturated carbocycles. The Labute approximate surface area is 116 Å². The molecule has 2 rings (SSSR count). The van der Waals surface area contributed by atoms with Crippen LogP contribution >= 0.6 is 0 Å². The Hall–Kier alpha value is -1.51. The van der Waals surface area contributed by atoms with Gasteiger partial charge >= 0.3 is 5.97 Å². The predicted molar refractivity (Wildman–Crippen MR) is 69.8 cm³/mol. The molecule has 2 atom stereocenters. The van der Waals surface area contributed by atoms with E-state index in [-0.39, 0.29) is 10.6 Å². The number of aliphatic hydroxyl groups excluding tert-OH is 1. The van der Waals surface area contributed by atoms with Gasteiger partial charge in [0.1, 0.15) is 0 Å². The highest BCUT2D eigenvalue weighted by Crippen LogP contribution is 2.20. The van der Waals surface area contributed by atoms with Gasteiger partial charge in [-0.05, 0) is 25.0 Å². The third-order valence-corrected chi connectivity index (χ3v) is 4.70. The van der Waals surface area contributed by atoms with Crippen LogP contribution in [0.3, 0.4) is 0 Å². The monoisotopic (exact) mass is 300 g/mol. The molecule has 7 nitrogen and oxygen atoms in total. The molecular weight excluding hydrogens is 284 g/mol. The van der Waals surface area contributed by atoms with Gasteiger partial charge in [0.25, 0.3) is 10.0 Å². The van der Waals surface area contributed by atoms with E-state index < -0.39 is 28.1 Å². The molecule has 1 aromatic rings. The van der Waals surface area contributed by atoms with Crippen LogP contribution in [0, 0.1) is 0 Å². The molecule has 110 valence electrons. The second kappa shape index (κ2) is 5.86. The first-order chi connectivity index (χ1) is 9.40. The van der Waals surface area contributed by atoms with Crippen LogP contribution in [0.4, 0.5) is 0 Å². The summed E-state index contributed by atoms with van der Waals surface area (Å²) < 4.78 is 26.6. The summed E-state index contributed by atoms with van der Waals surface area (Å²) in [5.74, 6) is -1.17. The summed E-state index contributed by atoms with van der Waals surface area (Å²) in [6.45, 7) is 0. The first-order valence-electron chi connectivity index (χ1n) is 6.30. The van der Waals surface area contributed by atoms with Gasteiger partial charge in [-0.3, -0.25) is 0 Å². The van der Waals surface area contributed by atoms with Crippen LogP contribution in [0.15, 0.2) is 23.4 Å². The number of nitrogens with one attached hydrogen (secondary N) is 1. The summed E-state index contributed by atoms with van der Waals surface area (Å²) >= 11 is 0. The largest absolute Gasteiger partial charge is 0.478 e. The predicted octanol–water partition coefficient (Wildman–Crippen LogP) is 0.362. The molecule has 0 spiro atoms. The molecule has 0 aliphatic heterocycles. The van der Waals surface area contributed by atoms with Crippen LogP contribution in [-0.4, -0.2) is 41.7 Å². The Balaban J connectivity index is 2.15. The van der Waals surface area contributed by atoms with E-state index in [2.05, 4.69) is 9.71 Å². The number of carbonyl (C=O) groups is 1. The minimum Gasteiger partial charge on any atom is -0.478 e. The molecule has 20 heavy (non-hydrogen) atoms. The molecule has 0 amide bonds. The maximum absolute atomic E-state index is 12.1. The molecule has 3 N–H and O–H groups in total. The van der Waals surface area contributed by atoms with Crippen LogP contribution in [0.2, 0.25) is 0 Å². The Bertz CT molecular complexity index is 584. The quantitative estimate of drug-likeness (QED) is 0.739. The summed E-state index contributed by atoms with van der Waals surface area (Å²) in [6.07, 6.45) is 3.18. The van der Waals surface area contributed by atoms with Gasteiger partial charge in [-0.1, -0.05) is 12.8 Å². The second-order valence-corrected chi connectivity index (χ2v) is 6.43. The number of pyridine rings is 1. The minimum atomic E-state index is -3.85. The lowest BCUT2D eigenvalue weighted by Gasteiger charge is -2.27. The van der Waals surface area contributed by atoms with E-state index in [1.54, 1.807) is 0 Å². The Morgan fingerprint density at radius 1 is 1.30 bits per heavy atom. The standard InChI is InChI=1S/C12H16N2O5S/c15-10-4-2-1-3-9(10)14-20(18,19)11-6-5-8(7-13-11)12(16)17/h5-7,9-10,14-15H,1-4H2,(H,16,17)/t9-,10-/m1/s1. The first kappa shape index (κ1) is 14.9. The lowest BCUT2D eigenvalue weighted by atomic mass is 9.93. The van der Waals surface area contributed by atoms with Crippen molar-refractivity contribution in [2.75, 3.05) is 0 Å². The molecule has 0 radical (unpaired) electrons. The average Bonchev–Trinajstić information content (AvgIpc) is 2.41. The summed E-state index contributed by atoms with van der Waals surface area (Å²) in [7, 11) is -3.85. The highest BCUT2D eigenvalue weighted by molar-refractivity contribution is 7.89. The zero-order valence-electron chi connectivity index (χ0n) is 10.7. The summed E-state index contributed by atoms with van der Waals surface area (Å²) in [5.41, 5.74) is -0.0818. The fourth-order valence-corrected chi connectivity index (χ4v) is 3.41. The number of hydrogen-bond acceptors (Lipinski definition) is 5. The van der Waals surface area contributed by atoms with Gasteiger partial charge in [-0.15, -0.1) is 0 Å². The van der Waals surface area contributed by atoms with Crippen LogP contribution in [0.5, 0.6) is 0 Å². The Morgan fingerprint density at radius 2 is 2.00 bits per heavy atom. The number of aromatic nitrogens is 1. The van der Waals surface area contributed by atoms with E-state index in [1.807, 2.05) is 0 Å². The normalized spacial score (nSPS) is 23.4. The summed E-state index contributed by atoms with van der Waals surface area (Å²) in [6, 6.07) is 1.80. The fraction of sp³-hybridized carbons (Fsp3) is 0.500. The number of carboxylic acids is 1. The van der Waals surface area contributed by atoms with Crippen molar-refractivity contribution >= 4 is 16.0 Å². The lowest BCUT2D eigenvalue weighted by Crippen LogP contribution is -2.45. The zero-order valence-corrected chi connectivity index (χ0v) is 11.5. The maximum Gasteiger partial charge on any atom is 0.337 e. The topological polar surface area (TPSA) is 117 Å². The van der Waals surface area contributed by atoms with E-state index in [0.29, 0.717) is 12.8 Å². The number of sulfonamides is 1. The van der Waals surface area contributed by atoms with Crippen LogP contribution in [0.25, 0.3) is 0 Å². The Kier molecular flexibility index (Phi) is 4.36. The van der Waals surface area contributed by atoms with E-state index >= 15 is 0 Å².